The molecule has 0 bridgehead atoms. The van der Waals surface area contributed by atoms with Crippen molar-refractivity contribution in [2.75, 3.05) is 31.6 Å². The molecule has 0 unspecified atom stereocenters. The second kappa shape index (κ2) is 5.77. The van der Waals surface area contributed by atoms with Crippen molar-refractivity contribution in [2.45, 2.75) is 26.8 Å². The van der Waals surface area contributed by atoms with Crippen LogP contribution in [0.2, 0.25) is 0 Å². The lowest BCUT2D eigenvalue weighted by Gasteiger charge is -2.24. The Bertz CT molecular complexity index is 502. The normalized spacial score (nSPS) is 28.0. The molecule has 0 spiro atoms. The van der Waals surface area contributed by atoms with E-state index in [1.807, 2.05) is 16.9 Å². The van der Waals surface area contributed by atoms with E-state index in [-0.39, 0.29) is 11.8 Å². The van der Waals surface area contributed by atoms with E-state index in [2.05, 4.69) is 29.6 Å². The molecule has 116 valence electrons. The maximum atomic E-state index is 12.6. The summed E-state index contributed by atoms with van der Waals surface area (Å²) in [5.74, 6) is 1.59. The summed E-state index contributed by atoms with van der Waals surface area (Å²) in [6.07, 6.45) is 3.00. The molecular formula is C15H24N4O2. The number of nitrogens with one attached hydrogen (secondary N) is 2. The van der Waals surface area contributed by atoms with Crippen LogP contribution in [0.4, 0.5) is 5.82 Å². The summed E-state index contributed by atoms with van der Waals surface area (Å²) in [6.45, 7) is 7.99. The second-order valence-corrected chi connectivity index (χ2v) is 6.60. The van der Waals surface area contributed by atoms with Crippen LogP contribution in [-0.4, -0.2) is 42.0 Å². The molecule has 0 aliphatic carbocycles. The van der Waals surface area contributed by atoms with Gasteiger partial charge in [-0.3, -0.25) is 9.48 Å². The quantitative estimate of drug-likeness (QED) is 0.853. The van der Waals surface area contributed by atoms with Crippen LogP contribution in [0, 0.1) is 17.3 Å². The lowest BCUT2D eigenvalue weighted by Crippen LogP contribution is -2.42. The average Bonchev–Trinajstić information content (AvgIpc) is 3.10. The first-order chi connectivity index (χ1) is 10.1. The van der Waals surface area contributed by atoms with Gasteiger partial charge in [0.25, 0.3) is 0 Å². The summed E-state index contributed by atoms with van der Waals surface area (Å²) in [7, 11) is 0. The molecule has 2 aliphatic heterocycles. The number of rotatable bonds is 5. The van der Waals surface area contributed by atoms with E-state index in [9.17, 15) is 4.79 Å². The van der Waals surface area contributed by atoms with E-state index in [0.717, 1.165) is 19.5 Å². The third-order valence-corrected chi connectivity index (χ3v) is 4.56. The predicted octanol–water partition coefficient (Wildman–Crippen LogP) is 1.10. The molecule has 3 rings (SSSR count). The van der Waals surface area contributed by atoms with Gasteiger partial charge in [0.05, 0.1) is 18.6 Å². The van der Waals surface area contributed by atoms with Gasteiger partial charge in [-0.2, -0.15) is 5.10 Å². The maximum absolute atomic E-state index is 12.6. The van der Waals surface area contributed by atoms with E-state index in [1.165, 1.54) is 0 Å². The molecule has 3 heterocycles. The van der Waals surface area contributed by atoms with Crippen molar-refractivity contribution in [3.05, 3.63) is 12.3 Å². The largest absolute Gasteiger partial charge is 0.380 e. The van der Waals surface area contributed by atoms with Gasteiger partial charge in [-0.15, -0.1) is 0 Å². The first kappa shape index (κ1) is 14.5. The van der Waals surface area contributed by atoms with Gasteiger partial charge in [0.2, 0.25) is 5.91 Å². The van der Waals surface area contributed by atoms with Crippen LogP contribution in [0.25, 0.3) is 0 Å². The number of anilines is 1. The number of aromatic nitrogens is 2. The van der Waals surface area contributed by atoms with Gasteiger partial charge in [0.1, 0.15) is 0 Å². The Hall–Kier alpha value is -1.40. The smallest absolute Gasteiger partial charge is 0.235 e. The standard InChI is InChI=1S/C15H24N4O2/c1-11(2)3-5-19-6-4-13(18-19)17-14(20)15-9-16-7-12(15)8-21-10-15/h4,6,11-12,16H,3,5,7-10H2,1-2H3,(H,17,18,20)/t12-,15-/m0/s1. The Balaban J connectivity index is 1.62. The summed E-state index contributed by atoms with van der Waals surface area (Å²) in [5, 5.41) is 10.7. The van der Waals surface area contributed by atoms with Crippen LogP contribution < -0.4 is 10.6 Å². The zero-order valence-corrected chi connectivity index (χ0v) is 12.8. The van der Waals surface area contributed by atoms with E-state index in [4.69, 9.17) is 4.74 Å². The Labute approximate surface area is 125 Å². The highest BCUT2D eigenvalue weighted by Crippen LogP contribution is 2.38. The number of ether oxygens (including phenoxy) is 1. The molecule has 1 amide bonds. The lowest BCUT2D eigenvalue weighted by molar-refractivity contribution is -0.125. The van der Waals surface area contributed by atoms with Crippen LogP contribution in [0.5, 0.6) is 0 Å². The number of amides is 1. The summed E-state index contributed by atoms with van der Waals surface area (Å²) in [5.41, 5.74) is -0.415. The molecule has 2 fully saturated rings. The minimum Gasteiger partial charge on any atom is -0.380 e. The van der Waals surface area contributed by atoms with Crippen molar-refractivity contribution in [1.82, 2.24) is 15.1 Å². The molecule has 6 nitrogen and oxygen atoms in total. The Morgan fingerprint density at radius 2 is 2.52 bits per heavy atom. The van der Waals surface area contributed by atoms with Crippen molar-refractivity contribution in [1.29, 1.82) is 0 Å². The molecule has 21 heavy (non-hydrogen) atoms. The van der Waals surface area contributed by atoms with Crippen LogP contribution in [0.15, 0.2) is 12.3 Å². The SMILES string of the molecule is CC(C)CCn1ccc(NC(=O)[C@]23CNC[C@H]2COC3)n1. The Kier molecular flexibility index (Phi) is 3.99. The van der Waals surface area contributed by atoms with Crippen molar-refractivity contribution in [2.24, 2.45) is 17.3 Å². The predicted molar refractivity (Wildman–Crippen MR) is 79.9 cm³/mol. The Morgan fingerprint density at radius 1 is 1.67 bits per heavy atom. The van der Waals surface area contributed by atoms with Gasteiger partial charge in [0.15, 0.2) is 5.82 Å². The second-order valence-electron chi connectivity index (χ2n) is 6.60. The summed E-state index contributed by atoms with van der Waals surface area (Å²) in [6, 6.07) is 1.86. The monoisotopic (exact) mass is 292 g/mol. The lowest BCUT2D eigenvalue weighted by atomic mass is 9.80. The summed E-state index contributed by atoms with van der Waals surface area (Å²) in [4.78, 5) is 12.6. The molecule has 0 aromatic carbocycles. The molecule has 1 aromatic heterocycles. The molecule has 2 aliphatic rings. The summed E-state index contributed by atoms with van der Waals surface area (Å²) < 4.78 is 7.41. The summed E-state index contributed by atoms with van der Waals surface area (Å²) >= 11 is 0. The van der Waals surface area contributed by atoms with E-state index >= 15 is 0 Å². The third-order valence-electron chi connectivity index (χ3n) is 4.56. The number of fused-ring (bicyclic) bond motifs is 1. The molecule has 2 atom stereocenters. The van der Waals surface area contributed by atoms with E-state index in [1.54, 1.807) is 0 Å². The van der Waals surface area contributed by atoms with Crippen LogP contribution in [0.3, 0.4) is 0 Å². The van der Waals surface area contributed by atoms with Gasteiger partial charge in [0, 0.05) is 37.8 Å². The van der Waals surface area contributed by atoms with E-state index in [0.29, 0.717) is 31.5 Å². The van der Waals surface area contributed by atoms with Gasteiger partial charge in [-0.05, 0) is 12.3 Å². The molecule has 0 saturated carbocycles. The minimum absolute atomic E-state index is 0.0316. The highest BCUT2D eigenvalue weighted by Gasteiger charge is 2.53. The molecule has 2 saturated heterocycles. The van der Waals surface area contributed by atoms with Gasteiger partial charge in [-0.1, -0.05) is 13.8 Å². The van der Waals surface area contributed by atoms with Crippen LogP contribution >= 0.6 is 0 Å². The fourth-order valence-electron chi connectivity index (χ4n) is 3.10. The number of carbonyl (C=O) groups excluding carboxylic acids is 1. The van der Waals surface area contributed by atoms with Crippen LogP contribution in [-0.2, 0) is 16.1 Å². The van der Waals surface area contributed by atoms with Crippen molar-refractivity contribution in [3.63, 3.8) is 0 Å². The number of aryl methyl sites for hydroxylation is 1. The zero-order valence-electron chi connectivity index (χ0n) is 12.8. The third kappa shape index (κ3) is 2.82. The highest BCUT2D eigenvalue weighted by atomic mass is 16.5. The maximum Gasteiger partial charge on any atom is 0.235 e. The fraction of sp³-hybridized carbons (Fsp3) is 0.733. The zero-order chi connectivity index (χ0) is 14.9. The minimum atomic E-state index is -0.415. The van der Waals surface area contributed by atoms with Gasteiger partial charge < -0.3 is 15.4 Å². The number of hydrogen-bond donors (Lipinski definition) is 2. The van der Waals surface area contributed by atoms with Crippen molar-refractivity contribution >= 4 is 11.7 Å². The molecule has 1 aromatic rings. The van der Waals surface area contributed by atoms with Gasteiger partial charge in [-0.25, -0.2) is 0 Å². The van der Waals surface area contributed by atoms with Crippen molar-refractivity contribution < 1.29 is 9.53 Å². The Morgan fingerprint density at radius 3 is 3.33 bits per heavy atom. The first-order valence-electron chi connectivity index (χ1n) is 7.73. The molecule has 0 radical (unpaired) electrons. The topological polar surface area (TPSA) is 68.2 Å². The van der Waals surface area contributed by atoms with E-state index < -0.39 is 5.41 Å². The number of carbonyl (C=O) groups is 1. The molecular weight excluding hydrogens is 268 g/mol. The average molecular weight is 292 g/mol. The van der Waals surface area contributed by atoms with Crippen molar-refractivity contribution in [3.8, 4) is 0 Å². The van der Waals surface area contributed by atoms with Gasteiger partial charge >= 0.3 is 0 Å². The number of nitrogens with zero attached hydrogens (tertiary/aromatic N) is 2. The fourth-order valence-corrected chi connectivity index (χ4v) is 3.10. The van der Waals surface area contributed by atoms with Crippen LogP contribution in [0.1, 0.15) is 20.3 Å². The molecule has 6 heteroatoms. The number of hydrogen-bond acceptors (Lipinski definition) is 4. The first-order valence-corrected chi connectivity index (χ1v) is 7.73. The molecule has 2 N–H and O–H groups in total. The highest BCUT2D eigenvalue weighted by molar-refractivity contribution is 5.95.